The van der Waals surface area contributed by atoms with Gasteiger partial charge in [0.2, 0.25) is 0 Å². The van der Waals surface area contributed by atoms with Crippen molar-refractivity contribution in [1.82, 2.24) is 14.1 Å². The Balaban J connectivity index is 1.07. The smallest absolute Gasteiger partial charge is 0.269 e. The number of ether oxygens (including phenoxy) is 1. The van der Waals surface area contributed by atoms with E-state index in [1.165, 1.54) is 4.57 Å². The molecule has 0 saturated heterocycles. The van der Waals surface area contributed by atoms with E-state index < -0.39 is 135 Å². The van der Waals surface area contributed by atoms with Crippen molar-refractivity contribution in [2.24, 2.45) is 0 Å². The van der Waals surface area contributed by atoms with E-state index in [1.807, 2.05) is 48.7 Å². The number of nitrogens with zero attached hydrogens (tertiary/aromatic N) is 4. The van der Waals surface area contributed by atoms with Gasteiger partial charge in [-0.25, -0.2) is 4.98 Å². The van der Waals surface area contributed by atoms with Crippen molar-refractivity contribution >= 4 is 32.8 Å². The molecule has 0 aliphatic heterocycles. The molecule has 8 aromatic carbocycles. The number of imidazole rings is 1. The minimum atomic E-state index is -0.790. The Morgan fingerprint density at radius 1 is 0.556 bits per heavy atom. The van der Waals surface area contributed by atoms with Gasteiger partial charge in [0.25, 0.3) is 6.33 Å². The largest absolute Gasteiger partial charge is 0.458 e. The maximum absolute atomic E-state index is 10.2. The highest BCUT2D eigenvalue weighted by molar-refractivity contribution is 6.09. The Labute approximate surface area is 387 Å². The van der Waals surface area contributed by atoms with Gasteiger partial charge in [0.05, 0.1) is 54.0 Å². The molecule has 3 heterocycles. The molecule has 11 aromatic rings. The summed E-state index contributed by atoms with van der Waals surface area (Å²) in [5, 5.41) is 2.06. The van der Waals surface area contributed by atoms with Gasteiger partial charge >= 0.3 is 0 Å². The van der Waals surface area contributed by atoms with Crippen LogP contribution in [0, 0.1) is 6.33 Å². The molecule has 300 valence electrons. The second-order valence-corrected chi connectivity index (χ2v) is 16.3. The van der Waals surface area contributed by atoms with Crippen molar-refractivity contribution in [1.29, 1.82) is 0 Å². The number of hydrogen-bond acceptors (Lipinski definition) is 2. The Morgan fingerprint density at radius 3 is 1.86 bits per heavy atom. The summed E-state index contributed by atoms with van der Waals surface area (Å²) in [5.74, 6) is 1.75. The van der Waals surface area contributed by atoms with Crippen LogP contribution in [0.4, 0.5) is 0 Å². The number of hydrogen-bond donors (Lipinski definition) is 0. The molecule has 1 aliphatic rings. The van der Waals surface area contributed by atoms with Crippen molar-refractivity contribution in [2.45, 2.75) is 26.2 Å². The minimum absolute atomic E-state index is 0.118. The highest BCUT2D eigenvalue weighted by Gasteiger charge is 2.23. The maximum Gasteiger partial charge on any atom is 0.269 e. The normalized spacial score (nSPS) is 15.4. The van der Waals surface area contributed by atoms with Crippen molar-refractivity contribution in [3.05, 3.63) is 212 Å². The van der Waals surface area contributed by atoms with Gasteiger partial charge in [0.1, 0.15) is 17.3 Å². The highest BCUT2D eigenvalue weighted by atomic mass is 16.5. The average Bonchev–Trinajstić information content (AvgIpc) is 4.05. The average molecular weight is 826 g/mol. The predicted molar refractivity (Wildman–Crippen MR) is 256 cm³/mol. The summed E-state index contributed by atoms with van der Waals surface area (Å²) >= 11 is 0. The molecular formula is C58H42N4O. The predicted octanol–water partition coefficient (Wildman–Crippen LogP) is 14.3. The van der Waals surface area contributed by atoms with Crippen molar-refractivity contribution in [3.63, 3.8) is 0 Å². The lowest BCUT2D eigenvalue weighted by atomic mass is 9.81. The van der Waals surface area contributed by atoms with Gasteiger partial charge in [-0.2, -0.15) is 0 Å². The fourth-order valence-electron chi connectivity index (χ4n) is 8.45. The molecule has 3 aromatic heterocycles. The molecule has 1 aliphatic carbocycles. The van der Waals surface area contributed by atoms with Gasteiger partial charge in [0.15, 0.2) is 0 Å². The lowest BCUT2D eigenvalue weighted by Crippen LogP contribution is -2.29. The standard InChI is InChI=1S/C58H42N4O/c1-58(2,3)38-31-32-59-57(33-38)62-53-24-11-10-23-50(53)51-30-28-42(36-56(51)62)63-41-16-14-15-39(34-41)60-37-61(55-26-13-12-25-54(55)60)40-27-29-49-47-21-7-6-19-45(47)43-17-4-5-18-44(43)46-20-8-9-22-48(46)52(49)35-40/h4-36H,1-3H3/i4D,5D,6D,7D,8D,9D,17D,18D,19D,20D,21D,22D,27D,29D,35D. The van der Waals surface area contributed by atoms with E-state index in [0.29, 0.717) is 28.2 Å². The number of pyridine rings is 1. The summed E-state index contributed by atoms with van der Waals surface area (Å²) in [6.07, 6.45) is 5.10. The molecule has 12 rings (SSSR count). The van der Waals surface area contributed by atoms with Gasteiger partial charge < -0.3 is 4.74 Å². The number of fused-ring (bicyclic) bond motifs is 12. The maximum atomic E-state index is 10.2. The molecular weight excluding hydrogens is 769 g/mol. The molecule has 5 heteroatoms. The number of aromatic nitrogens is 4. The molecule has 0 N–H and O–H groups in total. The number of para-hydroxylation sites is 3. The van der Waals surface area contributed by atoms with Crippen molar-refractivity contribution in [2.75, 3.05) is 0 Å². The third-order valence-electron chi connectivity index (χ3n) is 11.4. The summed E-state index contributed by atoms with van der Waals surface area (Å²) in [6.45, 7) is 6.48. The quantitative estimate of drug-likeness (QED) is 0.128. The molecule has 0 atom stereocenters. The third-order valence-corrected chi connectivity index (χ3v) is 11.4. The van der Waals surface area contributed by atoms with Crippen LogP contribution in [0.15, 0.2) is 200 Å². The van der Waals surface area contributed by atoms with Crippen LogP contribution in [0.3, 0.4) is 0 Å². The van der Waals surface area contributed by atoms with Crippen LogP contribution < -0.4 is 9.30 Å². The zero-order valence-corrected chi connectivity index (χ0v) is 34.1. The second-order valence-electron chi connectivity index (χ2n) is 16.3. The van der Waals surface area contributed by atoms with Crippen molar-refractivity contribution in [3.8, 4) is 73.2 Å². The first-order valence-electron chi connectivity index (χ1n) is 27.8. The van der Waals surface area contributed by atoms with E-state index in [-0.39, 0.29) is 11.1 Å². The molecule has 5 nitrogen and oxygen atoms in total. The lowest BCUT2D eigenvalue weighted by molar-refractivity contribution is -0.572. The first kappa shape index (κ1) is 24.4. The van der Waals surface area contributed by atoms with E-state index >= 15 is 0 Å². The van der Waals surface area contributed by atoms with Crippen molar-refractivity contribution < 1.29 is 29.9 Å². The van der Waals surface area contributed by atoms with E-state index in [9.17, 15) is 12.3 Å². The minimum Gasteiger partial charge on any atom is -0.458 e. The molecule has 0 saturated carbocycles. The summed E-state index contributed by atoms with van der Waals surface area (Å²) in [4.78, 5) is 4.81. The van der Waals surface area contributed by atoms with Crippen LogP contribution in [0.2, 0.25) is 0 Å². The van der Waals surface area contributed by atoms with Crippen LogP contribution in [0.5, 0.6) is 11.5 Å². The fourth-order valence-corrected chi connectivity index (χ4v) is 8.45. The second kappa shape index (κ2) is 14.3. The Morgan fingerprint density at radius 2 is 1.16 bits per heavy atom. The van der Waals surface area contributed by atoms with E-state index in [4.69, 9.17) is 17.9 Å². The topological polar surface area (TPSA) is 35.9 Å². The van der Waals surface area contributed by atoms with Gasteiger partial charge in [0, 0.05) is 23.0 Å². The Hall–Kier alpha value is -8.02. The summed E-state index contributed by atoms with van der Waals surface area (Å²) in [5.41, 5.74) is 0.196. The van der Waals surface area contributed by atoms with Crippen LogP contribution >= 0.6 is 0 Å². The molecule has 0 amide bonds. The first-order chi connectivity index (χ1) is 37.1. The Bertz CT molecular complexity index is 4470. The van der Waals surface area contributed by atoms with Gasteiger partial charge in [-0.3, -0.25) is 13.7 Å². The summed E-state index contributed by atoms with van der Waals surface area (Å²) < 4.78 is 150. The fraction of sp³-hybridized carbons (Fsp3) is 0.0690. The number of rotatable bonds is 5. The highest BCUT2D eigenvalue weighted by Crippen LogP contribution is 2.48. The zero-order chi connectivity index (χ0) is 55.3. The van der Waals surface area contributed by atoms with Crippen LogP contribution in [-0.2, 0) is 5.41 Å². The van der Waals surface area contributed by atoms with Gasteiger partial charge in [-0.15, -0.1) is 0 Å². The SMILES string of the molecule is [2H]c1c([2H])c([2H])c2c(c1[2H])-c1c([2H])c([2H])c([2H])c([2H])c1-c1c([2H])c([2H])c(-[n+]3[c-]n(-c4cccc(Oc5ccc6c7ccccc7n(-c7cc(C(C)(C)C)ccn7)c6c5)c4)c4ccccc43)c([2H])c1-c1c([2H])c([2H])c([2H])c([2H])c1-2. The number of benzene rings is 8. The summed E-state index contributed by atoms with van der Waals surface area (Å²) in [7, 11) is 0. The molecule has 63 heavy (non-hydrogen) atoms. The first-order valence-corrected chi connectivity index (χ1v) is 20.3. The molecule has 0 unspecified atom stereocenters. The van der Waals surface area contributed by atoms with E-state index in [2.05, 4.69) is 49.9 Å². The molecule has 0 bridgehead atoms. The molecule has 0 radical (unpaired) electrons. The zero-order valence-electron chi connectivity index (χ0n) is 49.1. The summed E-state index contributed by atoms with van der Waals surface area (Å²) in [6, 6.07) is 21.1. The monoisotopic (exact) mass is 825 g/mol. The van der Waals surface area contributed by atoms with Gasteiger partial charge in [-0.1, -0.05) is 148 Å². The van der Waals surface area contributed by atoms with E-state index in [0.717, 1.165) is 33.2 Å². The van der Waals surface area contributed by atoms with Crippen LogP contribution in [0.1, 0.15) is 46.9 Å². The molecule has 0 fully saturated rings. The lowest BCUT2D eigenvalue weighted by Gasteiger charge is -2.23. The van der Waals surface area contributed by atoms with E-state index in [1.54, 1.807) is 47.0 Å². The van der Waals surface area contributed by atoms with Crippen LogP contribution in [0.25, 0.3) is 94.5 Å². The third kappa shape index (κ3) is 6.07. The Kier molecular flexibility index (Phi) is 5.54. The molecule has 0 spiro atoms. The van der Waals surface area contributed by atoms with Crippen LogP contribution in [-0.4, -0.2) is 14.1 Å². The van der Waals surface area contributed by atoms with Gasteiger partial charge in [-0.05, 0) is 116 Å².